The van der Waals surface area contributed by atoms with Crippen molar-refractivity contribution < 1.29 is 9.90 Å². The van der Waals surface area contributed by atoms with Crippen LogP contribution in [-0.4, -0.2) is 22.1 Å². The van der Waals surface area contributed by atoms with Crippen LogP contribution in [0.4, 0.5) is 11.4 Å². The molecule has 0 fully saturated rings. The first kappa shape index (κ1) is 21.8. The second kappa shape index (κ2) is 9.78. The highest BCUT2D eigenvalue weighted by atomic mass is 79.9. The number of hydrogen-bond donors (Lipinski definition) is 2. The van der Waals surface area contributed by atoms with Gasteiger partial charge in [-0.2, -0.15) is 0 Å². The third kappa shape index (κ3) is 4.89. The first-order valence-corrected chi connectivity index (χ1v) is 11.1. The van der Waals surface area contributed by atoms with Crippen molar-refractivity contribution in [2.45, 2.75) is 19.9 Å². The lowest BCUT2D eigenvalue weighted by molar-refractivity contribution is -0.116. The molecule has 4 aromatic rings. The highest BCUT2D eigenvalue weighted by Gasteiger charge is 2.17. The van der Waals surface area contributed by atoms with E-state index in [0.717, 1.165) is 33.0 Å². The Kier molecular flexibility index (Phi) is 6.66. The zero-order valence-corrected chi connectivity index (χ0v) is 19.2. The van der Waals surface area contributed by atoms with Crippen molar-refractivity contribution in [2.75, 3.05) is 11.9 Å². The van der Waals surface area contributed by atoms with Crippen LogP contribution in [0.15, 0.2) is 87.5 Å². The van der Waals surface area contributed by atoms with E-state index >= 15 is 0 Å². The predicted octanol–water partition coefficient (Wildman–Crippen LogP) is 6.38. The molecular formula is C25H23BrN4O2. The Hall–Kier alpha value is -3.45. The van der Waals surface area contributed by atoms with Gasteiger partial charge in [0.1, 0.15) is 0 Å². The fourth-order valence-corrected chi connectivity index (χ4v) is 3.95. The summed E-state index contributed by atoms with van der Waals surface area (Å²) in [4.78, 5) is 12.3. The molecule has 6 nitrogen and oxygen atoms in total. The molecule has 162 valence electrons. The second-order valence-electron chi connectivity index (χ2n) is 7.48. The minimum absolute atomic E-state index is 0.00237. The molecule has 0 saturated heterocycles. The molecule has 32 heavy (non-hydrogen) atoms. The highest BCUT2D eigenvalue weighted by Crippen LogP contribution is 2.40. The van der Waals surface area contributed by atoms with Crippen LogP contribution in [0.3, 0.4) is 0 Å². The van der Waals surface area contributed by atoms with E-state index in [1.54, 1.807) is 4.57 Å². The molecule has 1 aromatic heterocycles. The summed E-state index contributed by atoms with van der Waals surface area (Å²) in [5.41, 5.74) is 4.22. The van der Waals surface area contributed by atoms with Gasteiger partial charge in [0.05, 0.1) is 12.1 Å². The number of aromatic nitrogens is 1. The van der Waals surface area contributed by atoms with Gasteiger partial charge in [0, 0.05) is 22.1 Å². The van der Waals surface area contributed by atoms with E-state index in [4.69, 9.17) is 0 Å². The molecule has 1 heterocycles. The van der Waals surface area contributed by atoms with Crippen LogP contribution in [0, 0.1) is 6.92 Å². The molecule has 0 saturated carbocycles. The van der Waals surface area contributed by atoms with Crippen LogP contribution in [0.1, 0.15) is 11.1 Å². The number of nitrogens with zero attached hydrogens (tertiary/aromatic N) is 3. The number of rotatable bonds is 7. The van der Waals surface area contributed by atoms with E-state index in [-0.39, 0.29) is 12.4 Å². The SMILES string of the molecule is Cc1ccccc1NCC(=O)N=Nc1c(O)n(CCc2ccccc2)c2ccc(Br)cc12. The lowest BCUT2D eigenvalue weighted by atomic mass is 10.1. The van der Waals surface area contributed by atoms with Gasteiger partial charge in [0.2, 0.25) is 5.88 Å². The number of azo groups is 1. The molecule has 0 unspecified atom stereocenters. The lowest BCUT2D eigenvalue weighted by Gasteiger charge is -2.07. The van der Waals surface area contributed by atoms with Gasteiger partial charge in [-0.1, -0.05) is 64.5 Å². The average Bonchev–Trinajstić information content (AvgIpc) is 3.06. The van der Waals surface area contributed by atoms with Crippen molar-refractivity contribution in [1.29, 1.82) is 0 Å². The van der Waals surface area contributed by atoms with E-state index in [1.165, 1.54) is 5.56 Å². The number of halogens is 1. The predicted molar refractivity (Wildman–Crippen MR) is 131 cm³/mol. The zero-order valence-electron chi connectivity index (χ0n) is 17.6. The first-order chi connectivity index (χ1) is 15.5. The maximum Gasteiger partial charge on any atom is 0.283 e. The summed E-state index contributed by atoms with van der Waals surface area (Å²) in [6.07, 6.45) is 0.754. The largest absolute Gasteiger partial charge is 0.493 e. The molecule has 0 bridgehead atoms. The quantitative estimate of drug-likeness (QED) is 0.295. The van der Waals surface area contributed by atoms with E-state index in [2.05, 4.69) is 43.6 Å². The molecule has 0 aliphatic carbocycles. The van der Waals surface area contributed by atoms with E-state index in [0.29, 0.717) is 12.2 Å². The van der Waals surface area contributed by atoms with Crippen LogP contribution in [0.5, 0.6) is 5.88 Å². The number of fused-ring (bicyclic) bond motifs is 1. The Labute approximate surface area is 194 Å². The maximum atomic E-state index is 12.3. The summed E-state index contributed by atoms with van der Waals surface area (Å²) in [7, 11) is 0. The van der Waals surface area contributed by atoms with Gasteiger partial charge in [0.25, 0.3) is 5.91 Å². The monoisotopic (exact) mass is 490 g/mol. The van der Waals surface area contributed by atoms with Crippen LogP contribution >= 0.6 is 15.9 Å². The van der Waals surface area contributed by atoms with Crippen molar-refractivity contribution in [3.63, 3.8) is 0 Å². The van der Waals surface area contributed by atoms with Crippen LogP contribution in [0.25, 0.3) is 10.9 Å². The number of aryl methyl sites for hydroxylation is 3. The number of carbonyl (C=O) groups is 1. The van der Waals surface area contributed by atoms with Crippen LogP contribution in [-0.2, 0) is 17.8 Å². The Morgan fingerprint density at radius 1 is 1.06 bits per heavy atom. The van der Waals surface area contributed by atoms with Crippen molar-refractivity contribution >= 4 is 44.1 Å². The van der Waals surface area contributed by atoms with Crippen molar-refractivity contribution in [3.8, 4) is 5.88 Å². The number of hydrogen-bond acceptors (Lipinski definition) is 4. The summed E-state index contributed by atoms with van der Waals surface area (Å²) in [6.45, 7) is 2.56. The Balaban J connectivity index is 1.56. The standard InChI is InChI=1S/C25H23BrN4O2/c1-17-7-5-6-10-21(17)27-16-23(31)28-29-24-20-15-19(26)11-12-22(20)30(25(24)32)14-13-18-8-3-2-4-9-18/h2-12,15,27,32H,13-14,16H2,1H3. The first-order valence-electron chi connectivity index (χ1n) is 10.3. The number of benzene rings is 3. The van der Waals surface area contributed by atoms with E-state index in [9.17, 15) is 9.90 Å². The Morgan fingerprint density at radius 2 is 1.81 bits per heavy atom. The van der Waals surface area contributed by atoms with Crippen molar-refractivity contribution in [3.05, 3.63) is 88.4 Å². The average molecular weight is 491 g/mol. The number of nitrogens with one attached hydrogen (secondary N) is 1. The minimum atomic E-state index is -0.423. The number of amides is 1. The van der Waals surface area contributed by atoms with Gasteiger partial charge in [-0.05, 0) is 48.7 Å². The number of para-hydroxylation sites is 1. The van der Waals surface area contributed by atoms with Crippen LogP contribution < -0.4 is 5.32 Å². The van der Waals surface area contributed by atoms with Crippen molar-refractivity contribution in [2.24, 2.45) is 10.2 Å². The number of aromatic hydroxyl groups is 1. The van der Waals surface area contributed by atoms with E-state index in [1.807, 2.05) is 67.6 Å². The molecule has 1 amide bonds. The maximum absolute atomic E-state index is 12.3. The molecular weight excluding hydrogens is 468 g/mol. The third-order valence-corrected chi connectivity index (χ3v) is 5.77. The summed E-state index contributed by atoms with van der Waals surface area (Å²) in [5, 5.41) is 22.7. The topological polar surface area (TPSA) is 79.0 Å². The summed E-state index contributed by atoms with van der Waals surface area (Å²) in [5.74, 6) is -0.426. The third-order valence-electron chi connectivity index (χ3n) is 5.28. The van der Waals surface area contributed by atoms with Crippen LogP contribution in [0.2, 0.25) is 0 Å². The number of carbonyl (C=O) groups excluding carboxylic acids is 1. The molecule has 0 aliphatic rings. The molecule has 7 heteroatoms. The fraction of sp³-hybridized carbons (Fsp3) is 0.160. The van der Waals surface area contributed by atoms with Gasteiger partial charge >= 0.3 is 0 Å². The highest BCUT2D eigenvalue weighted by molar-refractivity contribution is 9.10. The van der Waals surface area contributed by atoms with Gasteiger partial charge in [-0.15, -0.1) is 10.2 Å². The van der Waals surface area contributed by atoms with Gasteiger partial charge in [-0.25, -0.2) is 0 Å². The zero-order chi connectivity index (χ0) is 22.5. The van der Waals surface area contributed by atoms with Gasteiger partial charge in [0.15, 0.2) is 5.69 Å². The summed E-state index contributed by atoms with van der Waals surface area (Å²) >= 11 is 3.47. The van der Waals surface area contributed by atoms with E-state index < -0.39 is 5.91 Å². The Bertz CT molecular complexity index is 1280. The lowest BCUT2D eigenvalue weighted by Crippen LogP contribution is -2.11. The molecule has 0 aliphatic heterocycles. The summed E-state index contributed by atoms with van der Waals surface area (Å²) in [6, 6.07) is 23.5. The molecule has 4 rings (SSSR count). The molecule has 3 aromatic carbocycles. The normalized spacial score (nSPS) is 11.3. The molecule has 0 radical (unpaired) electrons. The number of anilines is 1. The molecule has 0 atom stereocenters. The summed E-state index contributed by atoms with van der Waals surface area (Å²) < 4.78 is 2.66. The van der Waals surface area contributed by atoms with Gasteiger partial charge in [-0.3, -0.25) is 4.79 Å². The Morgan fingerprint density at radius 3 is 2.59 bits per heavy atom. The molecule has 2 N–H and O–H groups in total. The molecule has 0 spiro atoms. The van der Waals surface area contributed by atoms with Crippen molar-refractivity contribution in [1.82, 2.24) is 4.57 Å². The minimum Gasteiger partial charge on any atom is -0.493 e. The fourth-order valence-electron chi connectivity index (χ4n) is 3.59. The smallest absolute Gasteiger partial charge is 0.283 e. The van der Waals surface area contributed by atoms with Gasteiger partial charge < -0.3 is 15.0 Å². The second-order valence-corrected chi connectivity index (χ2v) is 8.40.